The number of carbonyl (C=O) groups is 2. The Morgan fingerprint density at radius 2 is 2.14 bits per heavy atom. The van der Waals surface area contributed by atoms with Crippen LogP contribution in [0, 0.1) is 0 Å². The Bertz CT molecular complexity index is 692. The molecule has 0 aromatic carbocycles. The number of hydroxylamine groups is 1. The van der Waals surface area contributed by atoms with Gasteiger partial charge in [0.1, 0.15) is 0 Å². The molecule has 0 saturated carbocycles. The van der Waals surface area contributed by atoms with Gasteiger partial charge >= 0.3 is 0 Å². The van der Waals surface area contributed by atoms with Crippen LogP contribution in [-0.2, 0) is 19.4 Å². The highest BCUT2D eigenvalue weighted by atomic mass is 32.2. The molecule has 1 aliphatic carbocycles. The van der Waals surface area contributed by atoms with E-state index in [1.807, 2.05) is 13.0 Å². The summed E-state index contributed by atoms with van der Waals surface area (Å²) >= 11 is 0. The monoisotopic (exact) mass is 328 g/mol. The van der Waals surface area contributed by atoms with Crippen LogP contribution in [0.5, 0.6) is 0 Å². The van der Waals surface area contributed by atoms with E-state index in [0.717, 1.165) is 23.0 Å². The maximum Gasteiger partial charge on any atom is 0.264 e. The summed E-state index contributed by atoms with van der Waals surface area (Å²) in [5.41, 5.74) is 4.26. The third kappa shape index (κ3) is 2.68. The van der Waals surface area contributed by atoms with Gasteiger partial charge in [0, 0.05) is 24.9 Å². The summed E-state index contributed by atoms with van der Waals surface area (Å²) in [5.74, 6) is -1.10. The number of sulfone groups is 1. The van der Waals surface area contributed by atoms with Crippen molar-refractivity contribution < 1.29 is 23.2 Å². The SMILES string of the molecule is CC1=CC2=C(C1)C(=O)N(CC[C@](C)(C(=O)NO)S(C)(=O)=O)C2. The van der Waals surface area contributed by atoms with Crippen LogP contribution in [0.1, 0.15) is 26.7 Å². The fraction of sp³-hybridized carbons (Fsp3) is 0.571. The molecule has 2 aliphatic rings. The summed E-state index contributed by atoms with van der Waals surface area (Å²) in [6.07, 6.45) is 3.47. The number of amides is 2. The molecule has 8 heteroatoms. The molecular formula is C14H20N2O5S. The molecule has 1 aliphatic heterocycles. The quantitative estimate of drug-likeness (QED) is 0.553. The Balaban J connectivity index is 2.10. The first kappa shape index (κ1) is 16.7. The van der Waals surface area contributed by atoms with Crippen molar-refractivity contribution in [3.63, 3.8) is 0 Å². The van der Waals surface area contributed by atoms with E-state index in [1.165, 1.54) is 12.4 Å². The number of carbonyl (C=O) groups excluding carboxylic acids is 2. The van der Waals surface area contributed by atoms with Crippen LogP contribution in [0.3, 0.4) is 0 Å². The fourth-order valence-corrected chi connectivity index (χ4v) is 3.61. The minimum absolute atomic E-state index is 0.0762. The summed E-state index contributed by atoms with van der Waals surface area (Å²) in [4.78, 5) is 25.6. The van der Waals surface area contributed by atoms with Gasteiger partial charge in [0.15, 0.2) is 14.6 Å². The molecule has 0 saturated heterocycles. The molecule has 2 rings (SSSR count). The predicted molar refractivity (Wildman–Crippen MR) is 79.8 cm³/mol. The molecule has 0 aromatic rings. The van der Waals surface area contributed by atoms with Gasteiger partial charge < -0.3 is 4.90 Å². The highest BCUT2D eigenvalue weighted by molar-refractivity contribution is 7.92. The molecule has 0 bridgehead atoms. The lowest BCUT2D eigenvalue weighted by Crippen LogP contribution is -2.51. The second kappa shape index (κ2) is 5.51. The van der Waals surface area contributed by atoms with Crippen molar-refractivity contribution in [2.75, 3.05) is 19.3 Å². The van der Waals surface area contributed by atoms with Gasteiger partial charge in [-0.1, -0.05) is 11.6 Å². The maximum absolute atomic E-state index is 12.3. The largest absolute Gasteiger partial charge is 0.334 e. The minimum atomic E-state index is -3.75. The molecule has 122 valence electrons. The van der Waals surface area contributed by atoms with E-state index in [1.54, 1.807) is 4.90 Å². The summed E-state index contributed by atoms with van der Waals surface area (Å²) < 4.78 is 22.0. The van der Waals surface area contributed by atoms with E-state index in [2.05, 4.69) is 0 Å². The standard InChI is InChI=1S/C14H20N2O5S/c1-9-6-10-8-16(12(17)11(10)7-9)5-4-14(2,13(18)15-19)22(3,20)21/h6,19H,4-5,7-8H2,1-3H3,(H,15,18)/t14-/m1/s1. The lowest BCUT2D eigenvalue weighted by atomic mass is 10.1. The molecule has 0 spiro atoms. The van der Waals surface area contributed by atoms with E-state index in [9.17, 15) is 18.0 Å². The number of nitrogens with zero attached hydrogens (tertiary/aromatic N) is 1. The van der Waals surface area contributed by atoms with Gasteiger partial charge in [-0.2, -0.15) is 0 Å². The van der Waals surface area contributed by atoms with Crippen molar-refractivity contribution in [2.45, 2.75) is 31.4 Å². The van der Waals surface area contributed by atoms with Gasteiger partial charge in [-0.25, -0.2) is 13.9 Å². The van der Waals surface area contributed by atoms with Crippen LogP contribution < -0.4 is 5.48 Å². The molecule has 7 nitrogen and oxygen atoms in total. The number of hydrogen-bond donors (Lipinski definition) is 2. The van der Waals surface area contributed by atoms with Crippen LogP contribution in [0.25, 0.3) is 0 Å². The van der Waals surface area contributed by atoms with Crippen molar-refractivity contribution in [1.82, 2.24) is 10.4 Å². The van der Waals surface area contributed by atoms with E-state index >= 15 is 0 Å². The number of rotatable bonds is 5. The van der Waals surface area contributed by atoms with Crippen LogP contribution in [0.15, 0.2) is 22.8 Å². The Kier molecular flexibility index (Phi) is 4.18. The first-order valence-electron chi connectivity index (χ1n) is 6.93. The highest BCUT2D eigenvalue weighted by Gasteiger charge is 2.44. The smallest absolute Gasteiger partial charge is 0.264 e. The normalized spacial score (nSPS) is 20.8. The van der Waals surface area contributed by atoms with Crippen LogP contribution in [0.2, 0.25) is 0 Å². The molecular weight excluding hydrogens is 308 g/mol. The molecule has 2 N–H and O–H groups in total. The molecule has 2 amide bonds. The van der Waals surface area contributed by atoms with Crippen LogP contribution in [-0.4, -0.2) is 54.4 Å². The zero-order chi connectivity index (χ0) is 16.7. The van der Waals surface area contributed by atoms with Gasteiger partial charge in [0.05, 0.1) is 0 Å². The molecule has 1 atom stereocenters. The second-order valence-electron chi connectivity index (χ2n) is 6.09. The molecule has 0 unspecified atom stereocenters. The topological polar surface area (TPSA) is 104 Å². The fourth-order valence-electron chi connectivity index (χ4n) is 2.76. The second-order valence-corrected chi connectivity index (χ2v) is 8.54. The number of hydrogen-bond acceptors (Lipinski definition) is 5. The third-order valence-electron chi connectivity index (χ3n) is 4.43. The van der Waals surface area contributed by atoms with Crippen molar-refractivity contribution >= 4 is 21.7 Å². The Labute approximate surface area is 129 Å². The molecule has 0 aromatic heterocycles. The number of allylic oxidation sites excluding steroid dienone is 1. The van der Waals surface area contributed by atoms with Gasteiger partial charge in [0.25, 0.3) is 11.8 Å². The molecule has 22 heavy (non-hydrogen) atoms. The van der Waals surface area contributed by atoms with Crippen LogP contribution in [0.4, 0.5) is 0 Å². The van der Waals surface area contributed by atoms with Gasteiger partial charge in [-0.3, -0.25) is 14.8 Å². The third-order valence-corrected chi connectivity index (χ3v) is 6.46. The molecule has 1 heterocycles. The zero-order valence-corrected chi connectivity index (χ0v) is 13.7. The summed E-state index contributed by atoms with van der Waals surface area (Å²) in [6.45, 7) is 3.78. The van der Waals surface area contributed by atoms with E-state index < -0.39 is 20.5 Å². The van der Waals surface area contributed by atoms with Crippen LogP contribution >= 0.6 is 0 Å². The average Bonchev–Trinajstić information content (AvgIpc) is 2.92. The van der Waals surface area contributed by atoms with Gasteiger partial charge in [0.2, 0.25) is 0 Å². The zero-order valence-electron chi connectivity index (χ0n) is 12.8. The van der Waals surface area contributed by atoms with Crippen molar-refractivity contribution in [3.05, 3.63) is 22.8 Å². The summed E-state index contributed by atoms with van der Waals surface area (Å²) in [6, 6.07) is 0. The first-order valence-corrected chi connectivity index (χ1v) is 8.82. The van der Waals surface area contributed by atoms with Crippen molar-refractivity contribution in [3.8, 4) is 0 Å². The van der Waals surface area contributed by atoms with Gasteiger partial charge in [-0.05, 0) is 32.3 Å². The van der Waals surface area contributed by atoms with E-state index in [-0.39, 0.29) is 18.9 Å². The Morgan fingerprint density at radius 3 is 2.64 bits per heavy atom. The van der Waals surface area contributed by atoms with Gasteiger partial charge in [-0.15, -0.1) is 0 Å². The van der Waals surface area contributed by atoms with E-state index in [0.29, 0.717) is 13.0 Å². The average molecular weight is 328 g/mol. The summed E-state index contributed by atoms with van der Waals surface area (Å²) in [5, 5.41) is 8.78. The maximum atomic E-state index is 12.3. The first-order chi connectivity index (χ1) is 10.1. The lowest BCUT2D eigenvalue weighted by molar-refractivity contribution is -0.132. The lowest BCUT2D eigenvalue weighted by Gasteiger charge is -2.28. The van der Waals surface area contributed by atoms with Crippen molar-refractivity contribution in [2.24, 2.45) is 0 Å². The Morgan fingerprint density at radius 1 is 1.50 bits per heavy atom. The van der Waals surface area contributed by atoms with Crippen molar-refractivity contribution in [1.29, 1.82) is 0 Å². The summed E-state index contributed by atoms with van der Waals surface area (Å²) in [7, 11) is -3.75. The minimum Gasteiger partial charge on any atom is -0.334 e. The number of nitrogens with one attached hydrogen (secondary N) is 1. The van der Waals surface area contributed by atoms with E-state index in [4.69, 9.17) is 5.21 Å². The molecule has 0 fully saturated rings. The highest BCUT2D eigenvalue weighted by Crippen LogP contribution is 2.33. The Hall–Kier alpha value is -1.67. The molecule has 0 radical (unpaired) electrons. The predicted octanol–water partition coefficient (Wildman–Crippen LogP) is 0.174.